The number of nitrogens with zero attached hydrogens (tertiary/aromatic N) is 1. The van der Waals surface area contributed by atoms with Gasteiger partial charge in [-0.3, -0.25) is 4.79 Å². The van der Waals surface area contributed by atoms with E-state index in [4.69, 9.17) is 0 Å². The fourth-order valence-electron chi connectivity index (χ4n) is 3.50. The molecule has 6 heteroatoms. The van der Waals surface area contributed by atoms with Crippen LogP contribution in [0, 0.1) is 0 Å². The molecule has 1 unspecified atom stereocenters. The Bertz CT molecular complexity index is 859. The topological polar surface area (TPSA) is 64.6 Å². The van der Waals surface area contributed by atoms with Crippen LogP contribution in [0.5, 0.6) is 5.75 Å². The van der Waals surface area contributed by atoms with Crippen molar-refractivity contribution in [2.45, 2.75) is 78.4 Å². The third-order valence-corrected chi connectivity index (χ3v) is 5.61. The van der Waals surface area contributed by atoms with Gasteiger partial charge in [-0.05, 0) is 37.8 Å². The summed E-state index contributed by atoms with van der Waals surface area (Å²) in [6.45, 7) is 16.4. The molecule has 2 aliphatic carbocycles. The van der Waals surface area contributed by atoms with Crippen LogP contribution in [0.1, 0.15) is 76.6 Å². The molecule has 1 amide bonds. The Balaban J connectivity index is 0.000000820. The molecule has 0 bridgehead atoms. The lowest BCUT2D eigenvalue weighted by atomic mass is 9.86. The van der Waals surface area contributed by atoms with Crippen molar-refractivity contribution in [2.75, 3.05) is 19.4 Å². The highest BCUT2D eigenvalue weighted by atomic mass is 19.1. The number of anilines is 1. The number of rotatable bonds is 6. The smallest absolute Gasteiger partial charge is 0.257 e. The van der Waals surface area contributed by atoms with Crippen LogP contribution in [0.2, 0.25) is 0 Å². The number of hydrogen-bond acceptors (Lipinski definition) is 4. The number of hydrogen-bond donors (Lipinski definition) is 3. The summed E-state index contributed by atoms with van der Waals surface area (Å²) < 4.78 is 13.7. The Morgan fingerprint density at radius 2 is 1.73 bits per heavy atom. The average Bonchev–Trinajstić information content (AvgIpc) is 2.83. The zero-order chi connectivity index (χ0) is 25.1. The number of alkyl halides is 1. The van der Waals surface area contributed by atoms with Gasteiger partial charge in [0.25, 0.3) is 5.91 Å². The van der Waals surface area contributed by atoms with Crippen LogP contribution in [0.25, 0.3) is 0 Å². The predicted molar refractivity (Wildman–Crippen MR) is 137 cm³/mol. The molecule has 184 valence electrons. The van der Waals surface area contributed by atoms with Gasteiger partial charge in [-0.2, -0.15) is 0 Å². The molecule has 33 heavy (non-hydrogen) atoms. The Morgan fingerprint density at radius 1 is 1.12 bits per heavy atom. The van der Waals surface area contributed by atoms with E-state index in [0.717, 1.165) is 29.7 Å². The Morgan fingerprint density at radius 3 is 2.27 bits per heavy atom. The Hall–Kier alpha value is -2.76. The number of nitrogens with one attached hydrogen (secondary N) is 2. The van der Waals surface area contributed by atoms with E-state index in [1.807, 2.05) is 13.8 Å². The number of carbonyl (C=O) groups is 1. The second kappa shape index (κ2) is 13.7. The molecule has 2 aliphatic rings. The van der Waals surface area contributed by atoms with Crippen molar-refractivity contribution in [3.8, 4) is 5.75 Å². The molecule has 1 fully saturated rings. The van der Waals surface area contributed by atoms with Crippen LogP contribution in [0.15, 0.2) is 53.9 Å². The fourth-order valence-corrected chi connectivity index (χ4v) is 3.50. The van der Waals surface area contributed by atoms with E-state index in [1.165, 1.54) is 17.7 Å². The first kappa shape index (κ1) is 28.3. The van der Waals surface area contributed by atoms with E-state index in [1.54, 1.807) is 32.3 Å². The number of benzene rings is 1. The number of aromatic hydroxyl groups is 1. The van der Waals surface area contributed by atoms with Gasteiger partial charge >= 0.3 is 0 Å². The zero-order valence-corrected chi connectivity index (χ0v) is 21.2. The van der Waals surface area contributed by atoms with E-state index >= 15 is 0 Å². The van der Waals surface area contributed by atoms with Crippen LogP contribution in [0.3, 0.4) is 0 Å². The molecule has 3 rings (SSSR count). The molecule has 3 N–H and O–H groups in total. The maximum Gasteiger partial charge on any atom is 0.257 e. The van der Waals surface area contributed by atoms with E-state index in [-0.39, 0.29) is 23.3 Å². The van der Waals surface area contributed by atoms with Crippen molar-refractivity contribution >= 4 is 11.6 Å². The van der Waals surface area contributed by atoms with E-state index in [9.17, 15) is 14.3 Å². The molecule has 0 saturated heterocycles. The maximum absolute atomic E-state index is 13.7. The van der Waals surface area contributed by atoms with Gasteiger partial charge in [0.2, 0.25) is 0 Å². The predicted octanol–water partition coefficient (Wildman–Crippen LogP) is 6.55. The molecule has 2 atom stereocenters. The van der Waals surface area contributed by atoms with Gasteiger partial charge in [-0.25, -0.2) is 4.39 Å². The number of phenolic OH excluding ortho intramolecular Hbond substituents is 1. The van der Waals surface area contributed by atoms with Gasteiger partial charge in [-0.15, -0.1) is 0 Å². The SMILES string of the molecule is C=C1C(=C)C(NC2CCC[C@@H](F)C2)=C1Nc1cccc(C(=O)N(C)C)c1O.CC.CCCC. The fraction of sp³-hybridized carbons (Fsp3) is 0.519. The van der Waals surface area contributed by atoms with Gasteiger partial charge < -0.3 is 20.6 Å². The Kier molecular flexibility index (Phi) is 11.7. The average molecular weight is 460 g/mol. The third-order valence-electron chi connectivity index (χ3n) is 5.61. The molecule has 5 nitrogen and oxygen atoms in total. The van der Waals surface area contributed by atoms with Crippen molar-refractivity contribution in [3.05, 3.63) is 59.5 Å². The summed E-state index contributed by atoms with van der Waals surface area (Å²) in [5, 5.41) is 17.0. The summed E-state index contributed by atoms with van der Waals surface area (Å²) in [4.78, 5) is 13.6. The highest BCUT2D eigenvalue weighted by Crippen LogP contribution is 2.40. The molecular formula is C27H42FN3O2. The van der Waals surface area contributed by atoms with Crippen molar-refractivity contribution < 1.29 is 14.3 Å². The van der Waals surface area contributed by atoms with Gasteiger partial charge in [0.15, 0.2) is 5.75 Å². The molecule has 0 aliphatic heterocycles. The van der Waals surface area contributed by atoms with Crippen molar-refractivity contribution in [3.63, 3.8) is 0 Å². The van der Waals surface area contributed by atoms with E-state index < -0.39 is 6.17 Å². The summed E-state index contributed by atoms with van der Waals surface area (Å²) in [7, 11) is 3.26. The van der Waals surface area contributed by atoms with Gasteiger partial charge in [-0.1, -0.05) is 59.8 Å². The second-order valence-electron chi connectivity index (χ2n) is 8.34. The molecule has 0 aromatic heterocycles. The van der Waals surface area contributed by atoms with Crippen molar-refractivity contribution in [1.82, 2.24) is 10.2 Å². The largest absolute Gasteiger partial charge is 0.505 e. The van der Waals surface area contributed by atoms with Gasteiger partial charge in [0, 0.05) is 31.3 Å². The molecule has 1 aromatic rings. The first-order chi connectivity index (χ1) is 15.7. The third kappa shape index (κ3) is 7.37. The van der Waals surface area contributed by atoms with Crippen LogP contribution >= 0.6 is 0 Å². The number of para-hydroxylation sites is 1. The summed E-state index contributed by atoms with van der Waals surface area (Å²) in [6, 6.07) is 5.03. The number of allylic oxidation sites excluding steroid dienone is 2. The highest BCUT2D eigenvalue weighted by molar-refractivity contribution is 5.98. The number of amides is 1. The van der Waals surface area contributed by atoms with E-state index in [0.29, 0.717) is 24.2 Å². The molecular weight excluding hydrogens is 417 g/mol. The van der Waals surface area contributed by atoms with Gasteiger partial charge in [0.05, 0.1) is 22.6 Å². The minimum absolute atomic E-state index is 0.0562. The summed E-state index contributed by atoms with van der Waals surface area (Å²) >= 11 is 0. The summed E-state index contributed by atoms with van der Waals surface area (Å²) in [6.07, 6.45) is 4.74. The van der Waals surface area contributed by atoms with Gasteiger partial charge in [0.1, 0.15) is 6.17 Å². The number of halogens is 1. The minimum Gasteiger partial charge on any atom is -0.505 e. The van der Waals surface area contributed by atoms with E-state index in [2.05, 4.69) is 37.6 Å². The Labute approximate surface area is 199 Å². The quantitative estimate of drug-likeness (QED) is 0.422. The highest BCUT2D eigenvalue weighted by Gasteiger charge is 2.31. The maximum atomic E-state index is 13.7. The van der Waals surface area contributed by atoms with Crippen molar-refractivity contribution in [2.24, 2.45) is 0 Å². The van der Waals surface area contributed by atoms with Crippen LogP contribution < -0.4 is 10.6 Å². The van der Waals surface area contributed by atoms with Crippen LogP contribution in [0.4, 0.5) is 10.1 Å². The summed E-state index contributed by atoms with van der Waals surface area (Å²) in [5.74, 6) is -0.397. The minimum atomic E-state index is -0.775. The van der Waals surface area contributed by atoms with Crippen LogP contribution in [-0.2, 0) is 0 Å². The second-order valence-corrected chi connectivity index (χ2v) is 8.34. The monoisotopic (exact) mass is 459 g/mol. The standard InChI is InChI=1S/C21H26FN3O2.C4H10.C2H6/c1-12-13(2)19(18(12)23-15-8-5-7-14(22)11-15)24-17-10-6-9-16(20(17)26)21(27)25(3)4;1-3-4-2;1-2/h6,9-10,14-15,23-24,26H,1-2,5,7-8,11H2,3-4H3;3-4H2,1-2H3;1-2H3/t14-,15?;;/m1../s1. The molecule has 1 saturated carbocycles. The lowest BCUT2D eigenvalue weighted by Crippen LogP contribution is -2.39. The lowest BCUT2D eigenvalue weighted by Gasteiger charge is -2.35. The number of carbonyl (C=O) groups excluding carboxylic acids is 1. The normalized spacial score (nSPS) is 19.4. The first-order valence-electron chi connectivity index (χ1n) is 12.1. The van der Waals surface area contributed by atoms with Crippen LogP contribution in [-0.4, -0.2) is 42.2 Å². The van der Waals surface area contributed by atoms with Crippen molar-refractivity contribution in [1.29, 1.82) is 0 Å². The first-order valence-corrected chi connectivity index (χ1v) is 12.1. The lowest BCUT2D eigenvalue weighted by molar-refractivity contribution is 0.0824. The number of phenols is 1. The summed E-state index contributed by atoms with van der Waals surface area (Å²) in [5.41, 5.74) is 3.65. The molecule has 0 heterocycles. The molecule has 1 aromatic carbocycles. The molecule has 0 spiro atoms. The molecule has 0 radical (unpaired) electrons. The zero-order valence-electron chi connectivity index (χ0n) is 21.2. The number of unbranched alkanes of at least 4 members (excludes halogenated alkanes) is 1.